The van der Waals surface area contributed by atoms with Gasteiger partial charge >= 0.3 is 6.03 Å². The van der Waals surface area contributed by atoms with Gasteiger partial charge in [-0.3, -0.25) is 0 Å². The highest BCUT2D eigenvalue weighted by atomic mass is 16.8. The standard InChI is InChI=1S/C16H22N2O3/c19-16(18-21-15-7-3-4-10-20-15)17-11-13-9-8-12-5-1-2-6-14(12)13/h1-2,5-6,13,15H,3-4,7-11H2,(H2,17,18,19)/t13-,15-/m0/s1. The van der Waals surface area contributed by atoms with Crippen molar-refractivity contribution in [3.63, 3.8) is 0 Å². The van der Waals surface area contributed by atoms with Gasteiger partial charge in [0.25, 0.3) is 0 Å². The molecule has 5 heteroatoms. The molecule has 2 atom stereocenters. The van der Waals surface area contributed by atoms with Crippen LogP contribution in [0.1, 0.15) is 42.7 Å². The molecule has 0 spiro atoms. The van der Waals surface area contributed by atoms with E-state index in [4.69, 9.17) is 9.57 Å². The number of benzene rings is 1. The highest BCUT2D eigenvalue weighted by Gasteiger charge is 2.22. The summed E-state index contributed by atoms with van der Waals surface area (Å²) in [5, 5.41) is 2.87. The highest BCUT2D eigenvalue weighted by molar-refractivity contribution is 5.72. The zero-order valence-electron chi connectivity index (χ0n) is 12.1. The normalized spacial score (nSPS) is 24.4. The third kappa shape index (κ3) is 3.74. The molecule has 2 amide bonds. The van der Waals surface area contributed by atoms with Crippen LogP contribution in [-0.4, -0.2) is 25.5 Å². The number of hydrogen-bond donors (Lipinski definition) is 2. The number of hydrogen-bond acceptors (Lipinski definition) is 3. The van der Waals surface area contributed by atoms with Crippen LogP contribution < -0.4 is 10.8 Å². The van der Waals surface area contributed by atoms with E-state index in [0.717, 1.165) is 32.1 Å². The first kappa shape index (κ1) is 14.4. The number of aryl methyl sites for hydroxylation is 1. The summed E-state index contributed by atoms with van der Waals surface area (Å²) in [5.41, 5.74) is 5.18. The maximum Gasteiger partial charge on any atom is 0.338 e. The van der Waals surface area contributed by atoms with Crippen LogP contribution in [0.4, 0.5) is 4.79 Å². The van der Waals surface area contributed by atoms with E-state index in [1.807, 2.05) is 0 Å². The summed E-state index contributed by atoms with van der Waals surface area (Å²) in [4.78, 5) is 17.0. The zero-order chi connectivity index (χ0) is 14.5. The fraction of sp³-hybridized carbons (Fsp3) is 0.562. The lowest BCUT2D eigenvalue weighted by molar-refractivity contribution is -0.186. The molecule has 3 rings (SSSR count). The van der Waals surface area contributed by atoms with E-state index in [-0.39, 0.29) is 12.3 Å². The van der Waals surface area contributed by atoms with Gasteiger partial charge in [0, 0.05) is 25.5 Å². The summed E-state index contributed by atoms with van der Waals surface area (Å²) in [6, 6.07) is 8.14. The number of carbonyl (C=O) groups is 1. The van der Waals surface area contributed by atoms with Crippen molar-refractivity contribution in [3.8, 4) is 0 Å². The molecule has 0 bridgehead atoms. The molecule has 1 saturated heterocycles. The van der Waals surface area contributed by atoms with E-state index in [0.29, 0.717) is 19.1 Å². The summed E-state index contributed by atoms with van der Waals surface area (Å²) in [7, 11) is 0. The van der Waals surface area contributed by atoms with Crippen LogP contribution in [0.15, 0.2) is 24.3 Å². The van der Waals surface area contributed by atoms with Crippen molar-refractivity contribution in [2.24, 2.45) is 0 Å². The van der Waals surface area contributed by atoms with Crippen LogP contribution in [0.5, 0.6) is 0 Å². The van der Waals surface area contributed by atoms with E-state index in [9.17, 15) is 4.79 Å². The fourth-order valence-corrected chi connectivity index (χ4v) is 3.03. The van der Waals surface area contributed by atoms with Crippen LogP contribution in [0.25, 0.3) is 0 Å². The van der Waals surface area contributed by atoms with E-state index >= 15 is 0 Å². The van der Waals surface area contributed by atoms with Crippen LogP contribution in [-0.2, 0) is 16.0 Å². The summed E-state index contributed by atoms with van der Waals surface area (Å²) in [6.07, 6.45) is 4.84. The number of carbonyl (C=O) groups excluding carboxylic acids is 1. The molecular weight excluding hydrogens is 268 g/mol. The molecule has 21 heavy (non-hydrogen) atoms. The van der Waals surface area contributed by atoms with Gasteiger partial charge in [-0.25, -0.2) is 15.1 Å². The molecule has 0 unspecified atom stereocenters. The average Bonchev–Trinajstić information content (AvgIpc) is 2.95. The van der Waals surface area contributed by atoms with Crippen molar-refractivity contribution < 1.29 is 14.4 Å². The molecule has 1 heterocycles. The average molecular weight is 290 g/mol. The maximum atomic E-state index is 11.8. The van der Waals surface area contributed by atoms with E-state index in [1.54, 1.807) is 0 Å². The zero-order valence-corrected chi connectivity index (χ0v) is 12.1. The number of hydroxylamine groups is 1. The summed E-state index contributed by atoms with van der Waals surface area (Å²) >= 11 is 0. The summed E-state index contributed by atoms with van der Waals surface area (Å²) < 4.78 is 5.39. The minimum absolute atomic E-state index is 0.298. The van der Waals surface area contributed by atoms with Gasteiger partial charge in [-0.1, -0.05) is 24.3 Å². The highest BCUT2D eigenvalue weighted by Crippen LogP contribution is 2.32. The number of fused-ring (bicyclic) bond motifs is 1. The van der Waals surface area contributed by atoms with Gasteiger partial charge < -0.3 is 10.1 Å². The molecule has 5 nitrogen and oxygen atoms in total. The lowest BCUT2D eigenvalue weighted by atomic mass is 10.0. The fourth-order valence-electron chi connectivity index (χ4n) is 3.03. The predicted octanol–water partition coefficient (Wildman–Crippen LogP) is 2.47. The van der Waals surface area contributed by atoms with Crippen molar-refractivity contribution in [2.75, 3.05) is 13.2 Å². The molecule has 1 aromatic rings. The monoisotopic (exact) mass is 290 g/mol. The van der Waals surface area contributed by atoms with E-state index in [2.05, 4.69) is 35.1 Å². The van der Waals surface area contributed by atoms with Crippen LogP contribution in [0.3, 0.4) is 0 Å². The van der Waals surface area contributed by atoms with Gasteiger partial charge in [-0.15, -0.1) is 0 Å². The molecular formula is C16H22N2O3. The van der Waals surface area contributed by atoms with Gasteiger partial charge in [0.05, 0.1) is 0 Å². The number of amides is 2. The second-order valence-electron chi connectivity index (χ2n) is 5.66. The van der Waals surface area contributed by atoms with Crippen LogP contribution in [0, 0.1) is 0 Å². The van der Waals surface area contributed by atoms with Gasteiger partial charge in [0.1, 0.15) is 0 Å². The third-order valence-electron chi connectivity index (χ3n) is 4.19. The lowest BCUT2D eigenvalue weighted by Gasteiger charge is -2.22. The van der Waals surface area contributed by atoms with Crippen molar-refractivity contribution in [3.05, 3.63) is 35.4 Å². The van der Waals surface area contributed by atoms with Gasteiger partial charge in [0.15, 0.2) is 6.29 Å². The Kier molecular flexibility index (Phi) is 4.72. The number of urea groups is 1. The number of nitrogens with one attached hydrogen (secondary N) is 2. The first-order chi connectivity index (χ1) is 10.3. The topological polar surface area (TPSA) is 59.6 Å². The quantitative estimate of drug-likeness (QED) is 0.838. The Morgan fingerprint density at radius 3 is 3.05 bits per heavy atom. The van der Waals surface area contributed by atoms with Crippen LogP contribution in [0.2, 0.25) is 0 Å². The minimum atomic E-state index is -0.309. The second kappa shape index (κ2) is 6.91. The first-order valence-corrected chi connectivity index (χ1v) is 7.72. The maximum absolute atomic E-state index is 11.8. The van der Waals surface area contributed by atoms with Crippen molar-refractivity contribution in [1.29, 1.82) is 0 Å². The minimum Gasteiger partial charge on any atom is -0.350 e. The second-order valence-corrected chi connectivity index (χ2v) is 5.66. The molecule has 114 valence electrons. The molecule has 0 radical (unpaired) electrons. The third-order valence-corrected chi connectivity index (χ3v) is 4.19. The molecule has 2 aliphatic rings. The Morgan fingerprint density at radius 2 is 2.19 bits per heavy atom. The predicted molar refractivity (Wildman–Crippen MR) is 78.7 cm³/mol. The lowest BCUT2D eigenvalue weighted by Crippen LogP contribution is -2.40. The SMILES string of the molecule is O=C(NC[C@@H]1CCc2ccccc21)NO[C@H]1CCCCO1. The Bertz CT molecular complexity index is 486. The largest absolute Gasteiger partial charge is 0.350 e. The Balaban J connectivity index is 1.40. The molecule has 1 aliphatic carbocycles. The Hall–Kier alpha value is -1.59. The number of ether oxygens (including phenoxy) is 1. The smallest absolute Gasteiger partial charge is 0.338 e. The molecule has 1 fully saturated rings. The Labute approximate surface area is 125 Å². The van der Waals surface area contributed by atoms with Gasteiger partial charge in [0.2, 0.25) is 0 Å². The van der Waals surface area contributed by atoms with Crippen molar-refractivity contribution in [2.45, 2.75) is 44.3 Å². The van der Waals surface area contributed by atoms with Gasteiger partial charge in [-0.2, -0.15) is 0 Å². The Morgan fingerprint density at radius 1 is 1.29 bits per heavy atom. The number of rotatable bonds is 4. The van der Waals surface area contributed by atoms with E-state index < -0.39 is 0 Å². The first-order valence-electron chi connectivity index (χ1n) is 7.72. The molecule has 1 aliphatic heterocycles. The van der Waals surface area contributed by atoms with Gasteiger partial charge in [-0.05, 0) is 36.8 Å². The van der Waals surface area contributed by atoms with Crippen molar-refractivity contribution >= 4 is 6.03 Å². The summed E-state index contributed by atoms with van der Waals surface area (Å²) in [5.74, 6) is 0.401. The molecule has 2 N–H and O–H groups in total. The van der Waals surface area contributed by atoms with E-state index in [1.165, 1.54) is 11.1 Å². The van der Waals surface area contributed by atoms with Crippen molar-refractivity contribution in [1.82, 2.24) is 10.8 Å². The molecule has 0 saturated carbocycles. The molecule has 1 aromatic carbocycles. The van der Waals surface area contributed by atoms with Crippen LogP contribution >= 0.6 is 0 Å². The molecule has 0 aromatic heterocycles. The summed E-state index contributed by atoms with van der Waals surface area (Å²) in [6.45, 7) is 1.34.